The van der Waals surface area contributed by atoms with Gasteiger partial charge in [0.25, 0.3) is 0 Å². The van der Waals surface area contributed by atoms with E-state index < -0.39 is 19.4 Å². The highest BCUT2D eigenvalue weighted by molar-refractivity contribution is 5.81. The van der Waals surface area contributed by atoms with Crippen LogP contribution in [0.15, 0.2) is 17.6 Å². The van der Waals surface area contributed by atoms with Crippen LogP contribution in [0.2, 0.25) is 0 Å². The smallest absolute Gasteiger partial charge is 0.328 e. The average Bonchev–Trinajstić information content (AvgIpc) is 2.33. The Morgan fingerprint density at radius 2 is 2.11 bits per heavy atom. The number of aliphatic carboxylic acids is 1. The number of nitrogens with zero attached hydrogens (tertiary/aromatic N) is 1. The van der Waals surface area contributed by atoms with Gasteiger partial charge in [0.15, 0.2) is 12.0 Å². The monoisotopic (exact) mass is 260 g/mol. The van der Waals surface area contributed by atoms with E-state index in [1.165, 1.54) is 0 Å². The Bertz CT molecular complexity index is 332. The number of carboxylic acid groups (broad SMARTS) is 1. The van der Waals surface area contributed by atoms with E-state index in [0.717, 1.165) is 12.8 Å². The van der Waals surface area contributed by atoms with Crippen LogP contribution in [-0.4, -0.2) is 23.1 Å². The van der Waals surface area contributed by atoms with Gasteiger partial charge in [-0.25, -0.2) is 9.79 Å². The highest BCUT2D eigenvalue weighted by atomic mass is 16.4. The SMILES string of the molecule is C=CCCC(C)C(C)C[C@@H](N=C(N)N)C(=O)O.[2H]C([2H])[2H]. The van der Waals surface area contributed by atoms with Gasteiger partial charge in [-0.2, -0.15) is 0 Å². The Balaban J connectivity index is 0. The number of rotatable bonds is 8. The van der Waals surface area contributed by atoms with Crippen molar-refractivity contribution in [2.24, 2.45) is 28.3 Å². The summed E-state index contributed by atoms with van der Waals surface area (Å²) in [6, 6.07) is -0.846. The second-order valence-electron chi connectivity index (χ2n) is 4.46. The van der Waals surface area contributed by atoms with Crippen LogP contribution in [0.1, 0.15) is 44.6 Å². The minimum absolute atomic E-state index is 0.177. The maximum atomic E-state index is 11.0. The highest BCUT2D eigenvalue weighted by Gasteiger charge is 2.22. The summed E-state index contributed by atoms with van der Waals surface area (Å²) in [4.78, 5) is 14.7. The molecule has 0 aliphatic rings. The van der Waals surface area contributed by atoms with E-state index in [2.05, 4.69) is 18.5 Å². The number of carbonyl (C=O) groups is 1. The van der Waals surface area contributed by atoms with Crippen molar-refractivity contribution in [2.75, 3.05) is 0 Å². The number of nitrogens with two attached hydrogens (primary N) is 2. The van der Waals surface area contributed by atoms with Crippen LogP contribution in [0.5, 0.6) is 0 Å². The van der Waals surface area contributed by atoms with Crippen molar-refractivity contribution in [3.8, 4) is 0 Å². The summed E-state index contributed by atoms with van der Waals surface area (Å²) in [5.41, 5.74) is 10.4. The summed E-state index contributed by atoms with van der Waals surface area (Å²) in [6.07, 6.45) is 4.25. The summed E-state index contributed by atoms with van der Waals surface area (Å²) in [5.74, 6) is -0.493. The Morgan fingerprint density at radius 1 is 1.56 bits per heavy atom. The van der Waals surface area contributed by atoms with E-state index in [1.54, 1.807) is 0 Å². The predicted molar refractivity (Wildman–Crippen MR) is 76.3 cm³/mol. The molecule has 18 heavy (non-hydrogen) atoms. The molecule has 0 saturated carbocycles. The summed E-state index contributed by atoms with van der Waals surface area (Å²) < 4.78 is 17.8. The molecular formula is C13H27N3O2. The molecule has 3 atom stereocenters. The molecule has 0 spiro atoms. The highest BCUT2D eigenvalue weighted by Crippen LogP contribution is 2.22. The van der Waals surface area contributed by atoms with Gasteiger partial charge in [0.2, 0.25) is 0 Å². The molecule has 106 valence electrons. The lowest BCUT2D eigenvalue weighted by Gasteiger charge is -2.21. The standard InChI is InChI=1S/C12H23N3O2.CH4/c1-4-5-6-8(2)9(3)7-10(11(16)17)15-12(13)14;/h4,8-10H,1,5-7H2,2-3H3,(H,16,17)(H4,13,14,15);1H4/t8?,9?,10-;/m1./s1/i;1D3. The van der Waals surface area contributed by atoms with Crippen LogP contribution in [0, 0.1) is 11.8 Å². The average molecular weight is 260 g/mol. The lowest BCUT2D eigenvalue weighted by molar-refractivity contribution is -0.138. The molecule has 0 saturated heterocycles. The molecule has 0 aliphatic heterocycles. The van der Waals surface area contributed by atoms with Crippen LogP contribution >= 0.6 is 0 Å². The molecule has 0 amide bonds. The van der Waals surface area contributed by atoms with Crippen LogP contribution < -0.4 is 11.5 Å². The van der Waals surface area contributed by atoms with Crippen molar-refractivity contribution >= 4 is 11.9 Å². The Labute approximate surface area is 114 Å². The number of carboxylic acids is 1. The van der Waals surface area contributed by atoms with E-state index in [0.29, 0.717) is 12.3 Å². The Hall–Kier alpha value is -1.52. The lowest BCUT2D eigenvalue weighted by Crippen LogP contribution is -2.30. The fourth-order valence-corrected chi connectivity index (χ4v) is 1.64. The molecule has 0 radical (unpaired) electrons. The molecule has 5 heteroatoms. The van der Waals surface area contributed by atoms with Crippen molar-refractivity contribution in [3.05, 3.63) is 12.7 Å². The third kappa shape index (κ3) is 7.70. The molecule has 0 aliphatic carbocycles. The van der Waals surface area contributed by atoms with E-state index in [1.807, 2.05) is 13.0 Å². The molecule has 0 aromatic carbocycles. The summed E-state index contributed by atoms with van der Waals surface area (Å²) in [7, 11) is -1.42. The quantitative estimate of drug-likeness (QED) is 0.353. The summed E-state index contributed by atoms with van der Waals surface area (Å²) in [6.45, 7) is 7.79. The molecule has 0 bridgehead atoms. The topological polar surface area (TPSA) is 102 Å². The first-order valence-electron chi connectivity index (χ1n) is 7.54. The molecule has 0 heterocycles. The maximum Gasteiger partial charge on any atom is 0.328 e. The first kappa shape index (κ1) is 12.9. The molecule has 2 unspecified atom stereocenters. The van der Waals surface area contributed by atoms with E-state index in [4.69, 9.17) is 20.7 Å². The first-order chi connectivity index (χ1) is 9.61. The van der Waals surface area contributed by atoms with Crippen molar-refractivity contribution in [2.45, 2.75) is 46.5 Å². The maximum absolute atomic E-state index is 11.0. The van der Waals surface area contributed by atoms with Gasteiger partial charge in [-0.15, -0.1) is 6.58 Å². The number of hydrogen-bond donors (Lipinski definition) is 3. The zero-order valence-electron chi connectivity index (χ0n) is 14.2. The normalized spacial score (nSPS) is 16.9. The third-order valence-corrected chi connectivity index (χ3v) is 2.98. The zero-order valence-corrected chi connectivity index (χ0v) is 11.2. The van der Waals surface area contributed by atoms with E-state index in [-0.39, 0.29) is 11.9 Å². The fraction of sp³-hybridized carbons (Fsp3) is 0.692. The van der Waals surface area contributed by atoms with E-state index >= 15 is 0 Å². The van der Waals surface area contributed by atoms with Gasteiger partial charge in [-0.3, -0.25) is 0 Å². The van der Waals surface area contributed by atoms with Crippen molar-refractivity contribution < 1.29 is 14.0 Å². The second-order valence-corrected chi connectivity index (χ2v) is 4.46. The Morgan fingerprint density at radius 3 is 2.50 bits per heavy atom. The number of guanidine groups is 1. The minimum Gasteiger partial charge on any atom is -0.480 e. The summed E-state index contributed by atoms with van der Waals surface area (Å²) in [5, 5.41) is 8.99. The van der Waals surface area contributed by atoms with Crippen molar-refractivity contribution in [1.29, 1.82) is 0 Å². The van der Waals surface area contributed by atoms with Gasteiger partial charge in [-0.1, -0.05) is 27.3 Å². The van der Waals surface area contributed by atoms with Crippen molar-refractivity contribution in [3.63, 3.8) is 0 Å². The number of aliphatic imine (C=N–C) groups is 1. The van der Waals surface area contributed by atoms with Crippen LogP contribution in [0.25, 0.3) is 0 Å². The van der Waals surface area contributed by atoms with Crippen LogP contribution in [0.3, 0.4) is 0 Å². The van der Waals surface area contributed by atoms with Crippen molar-refractivity contribution in [1.82, 2.24) is 0 Å². The van der Waals surface area contributed by atoms with Gasteiger partial charge < -0.3 is 16.6 Å². The second kappa shape index (κ2) is 9.50. The first-order valence-corrected chi connectivity index (χ1v) is 5.80. The summed E-state index contributed by atoms with van der Waals surface area (Å²) >= 11 is 0. The van der Waals surface area contributed by atoms with Gasteiger partial charge in [0, 0.05) is 4.11 Å². The number of allylic oxidation sites excluding steroid dienone is 1. The van der Waals surface area contributed by atoms with Gasteiger partial charge >= 0.3 is 5.97 Å². The molecule has 5 nitrogen and oxygen atoms in total. The Kier molecular flexibility index (Phi) is 6.82. The molecular weight excluding hydrogens is 230 g/mol. The fourth-order valence-electron chi connectivity index (χ4n) is 1.64. The van der Waals surface area contributed by atoms with Crippen LogP contribution in [-0.2, 0) is 4.79 Å². The molecule has 0 rings (SSSR count). The third-order valence-electron chi connectivity index (χ3n) is 2.98. The lowest BCUT2D eigenvalue weighted by atomic mass is 9.87. The minimum atomic E-state index is -1.42. The molecule has 0 fully saturated rings. The molecule has 0 aromatic rings. The molecule has 0 aromatic heterocycles. The number of hydrogen-bond acceptors (Lipinski definition) is 2. The van der Waals surface area contributed by atoms with Gasteiger partial charge in [0.05, 0.1) is 0 Å². The largest absolute Gasteiger partial charge is 0.480 e. The zero-order chi connectivity index (χ0) is 17.0. The predicted octanol–water partition coefficient (Wildman–Crippen LogP) is 1.98. The van der Waals surface area contributed by atoms with Crippen LogP contribution in [0.4, 0.5) is 0 Å². The molecule has 5 N–H and O–H groups in total. The van der Waals surface area contributed by atoms with Gasteiger partial charge in [0.1, 0.15) is 0 Å². The van der Waals surface area contributed by atoms with E-state index in [9.17, 15) is 4.79 Å². The van der Waals surface area contributed by atoms with Gasteiger partial charge in [-0.05, 0) is 31.1 Å².